The van der Waals surface area contributed by atoms with Gasteiger partial charge in [0.2, 0.25) is 0 Å². The lowest BCUT2D eigenvalue weighted by Crippen LogP contribution is -2.03. The van der Waals surface area contributed by atoms with E-state index in [1.165, 1.54) is 38.7 Å². The van der Waals surface area contributed by atoms with E-state index in [0.29, 0.717) is 0 Å². The maximum atomic E-state index is 3.58. The number of rotatable bonds is 4. The van der Waals surface area contributed by atoms with E-state index in [9.17, 15) is 0 Å². The van der Waals surface area contributed by atoms with Gasteiger partial charge in [0.1, 0.15) is 0 Å². The predicted molar refractivity (Wildman–Crippen MR) is 125 cm³/mol. The summed E-state index contributed by atoms with van der Waals surface area (Å²) in [6, 6.07) is 34.5. The highest BCUT2D eigenvalue weighted by Gasteiger charge is 2.09. The molecule has 1 aliphatic carbocycles. The lowest BCUT2D eigenvalue weighted by atomic mass is 9.94. The SMILES string of the molecule is C1=C(Nc2ccc(-c3ccccc3)cc2)CCC(c2ccc3ccccc3c2)=C1. The van der Waals surface area contributed by atoms with Crippen molar-refractivity contribution in [2.24, 2.45) is 0 Å². The normalized spacial score (nSPS) is 13.7. The Balaban J connectivity index is 1.31. The van der Waals surface area contributed by atoms with Gasteiger partial charge >= 0.3 is 0 Å². The van der Waals surface area contributed by atoms with E-state index < -0.39 is 0 Å². The van der Waals surface area contributed by atoms with Crippen molar-refractivity contribution in [3.8, 4) is 11.1 Å². The third-order valence-electron chi connectivity index (χ3n) is 5.57. The highest BCUT2D eigenvalue weighted by molar-refractivity contribution is 5.86. The van der Waals surface area contributed by atoms with E-state index in [0.717, 1.165) is 18.5 Å². The fourth-order valence-corrected chi connectivity index (χ4v) is 3.93. The van der Waals surface area contributed by atoms with E-state index in [4.69, 9.17) is 0 Å². The molecule has 0 atom stereocenters. The van der Waals surface area contributed by atoms with E-state index >= 15 is 0 Å². The summed E-state index contributed by atoms with van der Waals surface area (Å²) in [4.78, 5) is 0. The van der Waals surface area contributed by atoms with E-state index in [-0.39, 0.29) is 0 Å². The van der Waals surface area contributed by atoms with Crippen molar-refractivity contribution >= 4 is 22.0 Å². The fraction of sp³-hybridized carbons (Fsp3) is 0.0714. The molecule has 1 heteroatoms. The van der Waals surface area contributed by atoms with Crippen molar-refractivity contribution in [3.05, 3.63) is 120 Å². The molecule has 0 saturated heterocycles. The van der Waals surface area contributed by atoms with Gasteiger partial charge in [0.15, 0.2) is 0 Å². The molecule has 140 valence electrons. The van der Waals surface area contributed by atoms with Crippen molar-refractivity contribution in [2.45, 2.75) is 12.8 Å². The number of hydrogen-bond donors (Lipinski definition) is 1. The Morgan fingerprint density at radius 2 is 1.21 bits per heavy atom. The van der Waals surface area contributed by atoms with Crippen molar-refractivity contribution in [2.75, 3.05) is 5.32 Å². The Morgan fingerprint density at radius 3 is 1.97 bits per heavy atom. The van der Waals surface area contributed by atoms with Crippen LogP contribution in [-0.2, 0) is 0 Å². The third-order valence-corrected chi connectivity index (χ3v) is 5.57. The van der Waals surface area contributed by atoms with Crippen molar-refractivity contribution in [3.63, 3.8) is 0 Å². The van der Waals surface area contributed by atoms with Crippen LogP contribution in [0.25, 0.3) is 27.5 Å². The van der Waals surface area contributed by atoms with Gasteiger partial charge in [-0.3, -0.25) is 0 Å². The largest absolute Gasteiger partial charge is 0.359 e. The number of hydrogen-bond acceptors (Lipinski definition) is 1. The van der Waals surface area contributed by atoms with Crippen LogP contribution in [0, 0.1) is 0 Å². The summed E-state index contributed by atoms with van der Waals surface area (Å²) in [5, 5.41) is 6.18. The summed E-state index contributed by atoms with van der Waals surface area (Å²) < 4.78 is 0. The van der Waals surface area contributed by atoms with Gasteiger partial charge in [-0.25, -0.2) is 0 Å². The quantitative estimate of drug-likeness (QED) is 0.387. The average Bonchev–Trinajstić information content (AvgIpc) is 2.80. The highest BCUT2D eigenvalue weighted by atomic mass is 14.9. The van der Waals surface area contributed by atoms with Gasteiger partial charge < -0.3 is 5.32 Å². The molecule has 1 aliphatic rings. The zero-order chi connectivity index (χ0) is 19.5. The van der Waals surface area contributed by atoms with Crippen LogP contribution in [0.3, 0.4) is 0 Å². The summed E-state index contributed by atoms with van der Waals surface area (Å²) in [5.74, 6) is 0. The molecule has 0 saturated carbocycles. The van der Waals surface area contributed by atoms with Crippen molar-refractivity contribution in [1.82, 2.24) is 0 Å². The zero-order valence-corrected chi connectivity index (χ0v) is 16.3. The van der Waals surface area contributed by atoms with Crippen LogP contribution >= 0.6 is 0 Å². The smallest absolute Gasteiger partial charge is 0.0382 e. The first-order valence-electron chi connectivity index (χ1n) is 10.2. The number of fused-ring (bicyclic) bond motifs is 1. The van der Waals surface area contributed by atoms with Crippen LogP contribution in [0.4, 0.5) is 5.69 Å². The Hall–Kier alpha value is -3.58. The highest BCUT2D eigenvalue weighted by Crippen LogP contribution is 2.30. The fourth-order valence-electron chi connectivity index (χ4n) is 3.93. The van der Waals surface area contributed by atoms with Gasteiger partial charge in [0.05, 0.1) is 0 Å². The molecule has 4 aromatic carbocycles. The molecule has 1 nitrogen and oxygen atoms in total. The minimum atomic E-state index is 1.03. The van der Waals surface area contributed by atoms with Gasteiger partial charge in [-0.15, -0.1) is 0 Å². The lowest BCUT2D eigenvalue weighted by Gasteiger charge is -2.17. The molecule has 0 heterocycles. The van der Waals surface area contributed by atoms with E-state index in [1.54, 1.807) is 0 Å². The van der Waals surface area contributed by atoms with Crippen LogP contribution in [0.2, 0.25) is 0 Å². The maximum absolute atomic E-state index is 3.58. The van der Waals surface area contributed by atoms with Gasteiger partial charge in [-0.05, 0) is 70.2 Å². The molecule has 1 N–H and O–H groups in total. The average molecular weight is 373 g/mol. The van der Waals surface area contributed by atoms with Crippen LogP contribution < -0.4 is 5.32 Å². The molecule has 5 rings (SSSR count). The Kier molecular flexibility index (Phi) is 4.72. The van der Waals surface area contributed by atoms with Gasteiger partial charge in [0.25, 0.3) is 0 Å². The number of anilines is 1. The number of benzene rings is 4. The molecule has 0 amide bonds. The first kappa shape index (κ1) is 17.5. The van der Waals surface area contributed by atoms with Gasteiger partial charge in [-0.2, -0.15) is 0 Å². The van der Waals surface area contributed by atoms with Crippen LogP contribution in [0.1, 0.15) is 18.4 Å². The standard InChI is InChI=1S/C28H23N/c1-2-6-21(7-3-1)23-12-16-27(17-13-23)29-28-18-14-24(15-19-28)26-11-10-22-8-4-5-9-25(22)20-26/h1-14,16-18,20,29H,15,19H2. The molecular weight excluding hydrogens is 350 g/mol. The molecule has 4 aromatic rings. The predicted octanol–water partition coefficient (Wildman–Crippen LogP) is 7.68. The molecule has 0 bridgehead atoms. The molecule has 29 heavy (non-hydrogen) atoms. The minimum absolute atomic E-state index is 1.03. The summed E-state index contributed by atoms with van der Waals surface area (Å²) in [7, 11) is 0. The summed E-state index contributed by atoms with van der Waals surface area (Å²) in [6.45, 7) is 0. The summed E-state index contributed by atoms with van der Waals surface area (Å²) in [6.07, 6.45) is 6.56. The van der Waals surface area contributed by atoms with Crippen LogP contribution in [-0.4, -0.2) is 0 Å². The summed E-state index contributed by atoms with van der Waals surface area (Å²) >= 11 is 0. The van der Waals surface area contributed by atoms with Gasteiger partial charge in [-0.1, -0.05) is 84.9 Å². The number of nitrogens with one attached hydrogen (secondary N) is 1. The number of allylic oxidation sites excluding steroid dienone is 4. The van der Waals surface area contributed by atoms with E-state index in [2.05, 4.69) is 115 Å². The van der Waals surface area contributed by atoms with Crippen LogP contribution in [0.5, 0.6) is 0 Å². The van der Waals surface area contributed by atoms with E-state index in [1.807, 2.05) is 0 Å². The second-order valence-electron chi connectivity index (χ2n) is 7.51. The molecule has 0 fully saturated rings. The Bertz CT molecular complexity index is 1200. The maximum Gasteiger partial charge on any atom is 0.0382 e. The molecule has 0 aromatic heterocycles. The first-order valence-corrected chi connectivity index (χ1v) is 10.2. The lowest BCUT2D eigenvalue weighted by molar-refractivity contribution is 0.982. The summed E-state index contributed by atoms with van der Waals surface area (Å²) in [5.41, 5.74) is 7.62. The minimum Gasteiger partial charge on any atom is -0.359 e. The van der Waals surface area contributed by atoms with Crippen molar-refractivity contribution < 1.29 is 0 Å². The topological polar surface area (TPSA) is 12.0 Å². The van der Waals surface area contributed by atoms with Crippen LogP contribution in [0.15, 0.2) is 115 Å². The molecule has 0 aliphatic heterocycles. The molecule has 0 spiro atoms. The second kappa shape index (κ2) is 7.81. The molecule has 0 unspecified atom stereocenters. The first-order chi connectivity index (χ1) is 14.3. The van der Waals surface area contributed by atoms with Crippen molar-refractivity contribution in [1.29, 1.82) is 0 Å². The monoisotopic (exact) mass is 373 g/mol. The second-order valence-corrected chi connectivity index (χ2v) is 7.51. The molecule has 0 radical (unpaired) electrons. The Labute approximate surface area is 172 Å². The zero-order valence-electron chi connectivity index (χ0n) is 16.3. The van der Waals surface area contributed by atoms with Gasteiger partial charge in [0, 0.05) is 11.4 Å². The third kappa shape index (κ3) is 3.86. The molecular formula is C28H23N. The Morgan fingerprint density at radius 1 is 0.517 bits per heavy atom.